The average Bonchev–Trinajstić information content (AvgIpc) is 3.49. The van der Waals surface area contributed by atoms with Gasteiger partial charge in [0.2, 0.25) is 0 Å². The molecule has 4 heterocycles. The summed E-state index contributed by atoms with van der Waals surface area (Å²) in [5.41, 5.74) is 1.16. The van der Waals surface area contributed by atoms with Gasteiger partial charge >= 0.3 is 0 Å². The predicted molar refractivity (Wildman–Crippen MR) is 118 cm³/mol. The van der Waals surface area contributed by atoms with E-state index in [9.17, 15) is 4.79 Å². The summed E-state index contributed by atoms with van der Waals surface area (Å²) in [5, 5.41) is 7.63. The molecule has 1 fully saturated rings. The molecule has 0 aliphatic heterocycles. The second-order valence-corrected chi connectivity index (χ2v) is 10.3. The van der Waals surface area contributed by atoms with E-state index in [0.717, 1.165) is 56.4 Å². The van der Waals surface area contributed by atoms with E-state index in [1.807, 2.05) is 29.0 Å². The van der Waals surface area contributed by atoms with E-state index in [1.54, 1.807) is 22.7 Å². The number of rotatable bonds is 5. The molecule has 0 unspecified atom stereocenters. The fourth-order valence-corrected chi connectivity index (χ4v) is 6.44. The summed E-state index contributed by atoms with van der Waals surface area (Å²) < 4.78 is 7.32. The average molecular weight is 445 g/mol. The highest BCUT2D eigenvalue weighted by molar-refractivity contribution is 7.98. The molecule has 0 atom stereocenters. The number of fused-ring (bicyclic) bond motifs is 1. The first kappa shape index (κ1) is 19.0. The Bertz CT molecular complexity index is 1220. The zero-order valence-electron chi connectivity index (χ0n) is 16.2. The Morgan fingerprint density at radius 2 is 2.10 bits per heavy atom. The summed E-state index contributed by atoms with van der Waals surface area (Å²) in [6, 6.07) is 4.15. The van der Waals surface area contributed by atoms with Crippen LogP contribution in [0.3, 0.4) is 0 Å². The SMILES string of the molecule is Cc1sc2nc(SCc3noc(-c4cccs4)n3)n(C3CCCC3)c(=O)c2c1C. The van der Waals surface area contributed by atoms with Gasteiger partial charge in [-0.3, -0.25) is 9.36 Å². The van der Waals surface area contributed by atoms with Crippen LogP contribution < -0.4 is 5.56 Å². The lowest BCUT2D eigenvalue weighted by Crippen LogP contribution is -2.26. The van der Waals surface area contributed by atoms with Gasteiger partial charge in [-0.15, -0.1) is 22.7 Å². The molecule has 0 saturated heterocycles. The van der Waals surface area contributed by atoms with Gasteiger partial charge in [0, 0.05) is 10.9 Å². The molecular weight excluding hydrogens is 424 g/mol. The van der Waals surface area contributed by atoms with Gasteiger partial charge in [-0.1, -0.05) is 35.8 Å². The lowest BCUT2D eigenvalue weighted by Gasteiger charge is -2.17. The normalized spacial score (nSPS) is 15.0. The maximum absolute atomic E-state index is 13.4. The van der Waals surface area contributed by atoms with E-state index in [1.165, 1.54) is 11.8 Å². The van der Waals surface area contributed by atoms with E-state index in [-0.39, 0.29) is 11.6 Å². The van der Waals surface area contributed by atoms with Crippen LogP contribution >= 0.6 is 34.4 Å². The molecule has 0 aromatic carbocycles. The molecule has 0 N–H and O–H groups in total. The van der Waals surface area contributed by atoms with E-state index in [4.69, 9.17) is 9.51 Å². The molecule has 4 aromatic rings. The molecule has 0 radical (unpaired) electrons. The van der Waals surface area contributed by atoms with Crippen LogP contribution in [0.5, 0.6) is 0 Å². The van der Waals surface area contributed by atoms with E-state index in [2.05, 4.69) is 17.1 Å². The first-order valence-electron chi connectivity index (χ1n) is 9.63. The molecule has 0 spiro atoms. The summed E-state index contributed by atoms with van der Waals surface area (Å²) in [7, 11) is 0. The Kier molecular flexibility index (Phi) is 5.05. The largest absolute Gasteiger partial charge is 0.333 e. The third kappa shape index (κ3) is 3.45. The molecule has 1 aliphatic rings. The van der Waals surface area contributed by atoms with Gasteiger partial charge in [0.05, 0.1) is 16.0 Å². The van der Waals surface area contributed by atoms with Crippen molar-refractivity contribution in [3.05, 3.63) is 44.1 Å². The smallest absolute Gasteiger partial charge is 0.268 e. The van der Waals surface area contributed by atoms with Crippen LogP contribution in [0.25, 0.3) is 21.0 Å². The molecule has 1 saturated carbocycles. The zero-order chi connectivity index (χ0) is 20.0. The van der Waals surface area contributed by atoms with Gasteiger partial charge < -0.3 is 4.52 Å². The molecule has 4 aromatic heterocycles. The van der Waals surface area contributed by atoms with E-state index < -0.39 is 0 Å². The van der Waals surface area contributed by atoms with Crippen molar-refractivity contribution < 1.29 is 4.52 Å². The third-order valence-corrected chi connectivity index (χ3v) is 8.33. The molecular formula is C20H20N4O2S3. The van der Waals surface area contributed by atoms with Gasteiger partial charge in [-0.25, -0.2) is 4.98 Å². The zero-order valence-corrected chi connectivity index (χ0v) is 18.6. The van der Waals surface area contributed by atoms with Gasteiger partial charge in [0.1, 0.15) is 4.83 Å². The highest BCUT2D eigenvalue weighted by Crippen LogP contribution is 2.35. The topological polar surface area (TPSA) is 73.8 Å². The van der Waals surface area contributed by atoms with Crippen molar-refractivity contribution in [2.24, 2.45) is 0 Å². The van der Waals surface area contributed by atoms with E-state index >= 15 is 0 Å². The van der Waals surface area contributed by atoms with Crippen molar-refractivity contribution in [1.29, 1.82) is 0 Å². The third-order valence-electron chi connectivity index (χ3n) is 5.42. The maximum Gasteiger partial charge on any atom is 0.268 e. The predicted octanol–water partition coefficient (Wildman–Crippen LogP) is 5.59. The summed E-state index contributed by atoms with van der Waals surface area (Å²) >= 11 is 4.69. The Morgan fingerprint density at radius 3 is 2.86 bits per heavy atom. The molecule has 150 valence electrons. The van der Waals surface area contributed by atoms with Gasteiger partial charge in [0.15, 0.2) is 11.0 Å². The summed E-state index contributed by atoms with van der Waals surface area (Å²) in [4.78, 5) is 25.7. The lowest BCUT2D eigenvalue weighted by atomic mass is 10.2. The fourth-order valence-electron chi connectivity index (χ4n) is 3.82. The maximum atomic E-state index is 13.4. The van der Waals surface area contributed by atoms with Gasteiger partial charge in [-0.2, -0.15) is 4.98 Å². The molecule has 1 aliphatic carbocycles. The Balaban J connectivity index is 1.50. The van der Waals surface area contributed by atoms with Crippen molar-refractivity contribution >= 4 is 44.7 Å². The number of hydrogen-bond donors (Lipinski definition) is 0. The summed E-state index contributed by atoms with van der Waals surface area (Å²) in [5.74, 6) is 1.67. The molecule has 29 heavy (non-hydrogen) atoms. The van der Waals surface area contributed by atoms with Crippen LogP contribution in [0.4, 0.5) is 0 Å². The van der Waals surface area contributed by atoms with Crippen molar-refractivity contribution in [1.82, 2.24) is 19.7 Å². The molecule has 5 rings (SSSR count). The number of hydrogen-bond acceptors (Lipinski definition) is 8. The minimum atomic E-state index is 0.0960. The highest BCUT2D eigenvalue weighted by atomic mass is 32.2. The highest BCUT2D eigenvalue weighted by Gasteiger charge is 2.25. The van der Waals surface area contributed by atoms with Gasteiger partial charge in [0.25, 0.3) is 11.4 Å². The summed E-state index contributed by atoms with van der Waals surface area (Å²) in [6.45, 7) is 4.08. The minimum Gasteiger partial charge on any atom is -0.333 e. The molecule has 0 amide bonds. The first-order chi connectivity index (χ1) is 14.1. The van der Waals surface area contributed by atoms with Crippen LogP contribution in [0, 0.1) is 13.8 Å². The number of thioether (sulfide) groups is 1. The summed E-state index contributed by atoms with van der Waals surface area (Å²) in [6.07, 6.45) is 4.40. The molecule has 9 heteroatoms. The Labute approximate surface area is 180 Å². The number of aromatic nitrogens is 4. The van der Waals surface area contributed by atoms with Gasteiger partial charge in [-0.05, 0) is 43.7 Å². The second kappa shape index (κ2) is 7.70. The van der Waals surface area contributed by atoms with Crippen molar-refractivity contribution in [3.8, 4) is 10.8 Å². The number of aryl methyl sites for hydroxylation is 2. The number of nitrogens with zero attached hydrogens (tertiary/aromatic N) is 4. The van der Waals surface area contributed by atoms with Crippen LogP contribution in [0.2, 0.25) is 0 Å². The van der Waals surface area contributed by atoms with Crippen LogP contribution in [0.15, 0.2) is 32.0 Å². The van der Waals surface area contributed by atoms with Crippen LogP contribution in [-0.4, -0.2) is 19.7 Å². The quantitative estimate of drug-likeness (QED) is 0.295. The van der Waals surface area contributed by atoms with Crippen LogP contribution in [0.1, 0.15) is 48.0 Å². The standard InChI is InChI=1S/C20H20N4O2S3/c1-11-12(2)29-18-16(11)19(25)24(13-6-3-4-7-13)20(22-18)28-10-15-21-17(26-23-15)14-8-5-9-27-14/h5,8-9,13H,3-4,6-7,10H2,1-2H3. The first-order valence-corrected chi connectivity index (χ1v) is 12.3. The van der Waals surface area contributed by atoms with E-state index in [0.29, 0.717) is 17.5 Å². The monoisotopic (exact) mass is 444 g/mol. The fraction of sp³-hybridized carbons (Fsp3) is 0.400. The minimum absolute atomic E-state index is 0.0960. The van der Waals surface area contributed by atoms with Crippen molar-refractivity contribution in [2.45, 2.75) is 56.5 Å². The molecule has 6 nitrogen and oxygen atoms in total. The lowest BCUT2D eigenvalue weighted by molar-refractivity contribution is 0.426. The molecule has 0 bridgehead atoms. The van der Waals surface area contributed by atoms with Crippen LogP contribution in [-0.2, 0) is 5.75 Å². The Hall–Kier alpha value is -1.97. The number of thiophene rings is 2. The Morgan fingerprint density at radius 1 is 1.28 bits per heavy atom. The van der Waals surface area contributed by atoms with Crippen molar-refractivity contribution in [2.75, 3.05) is 0 Å². The van der Waals surface area contributed by atoms with Crippen molar-refractivity contribution in [3.63, 3.8) is 0 Å². The second-order valence-electron chi connectivity index (χ2n) is 7.25.